The molecule has 0 amide bonds. The van der Waals surface area contributed by atoms with Crippen LogP contribution < -0.4 is 0 Å². The van der Waals surface area contributed by atoms with Gasteiger partial charge in [-0.25, -0.2) is 0 Å². The Morgan fingerprint density at radius 3 is 1.12 bits per heavy atom. The minimum absolute atomic E-state index is 0.165. The molecule has 6 N–H and O–H groups in total. The molecule has 0 aromatic carbocycles. The van der Waals surface area contributed by atoms with Crippen LogP contribution in [0.15, 0.2) is 0 Å². The molecule has 152 valence electrons. The van der Waals surface area contributed by atoms with E-state index < -0.39 is 36.5 Å². The van der Waals surface area contributed by atoms with Crippen molar-refractivity contribution < 1.29 is 54.2 Å². The van der Waals surface area contributed by atoms with Crippen LogP contribution in [0.4, 0.5) is 0 Å². The highest BCUT2D eigenvalue weighted by Gasteiger charge is 1.99. The predicted molar refractivity (Wildman–Crippen MR) is 86.4 cm³/mol. The highest BCUT2D eigenvalue weighted by Crippen LogP contribution is 1.98. The highest BCUT2D eigenvalue weighted by atomic mass is 32.2. The first-order chi connectivity index (χ1) is 10.3. The van der Waals surface area contributed by atoms with E-state index in [0.717, 1.165) is 6.42 Å². The van der Waals surface area contributed by atoms with Crippen molar-refractivity contribution in [3.63, 3.8) is 0 Å². The van der Waals surface area contributed by atoms with Crippen LogP contribution in [-0.4, -0.2) is 92.3 Å². The molecule has 0 bridgehead atoms. The summed E-state index contributed by atoms with van der Waals surface area (Å²) in [5.41, 5.74) is 0. The van der Waals surface area contributed by atoms with Crippen LogP contribution in [0.5, 0.6) is 0 Å². The summed E-state index contributed by atoms with van der Waals surface area (Å²) in [6.45, 7) is -0.0103. The molecule has 0 aliphatic rings. The van der Waals surface area contributed by atoms with Crippen molar-refractivity contribution in [2.75, 3.05) is 32.0 Å². The lowest BCUT2D eigenvalue weighted by atomic mass is 10.2. The molecule has 0 spiro atoms. The molecule has 0 saturated heterocycles. The fraction of sp³-hybridized carbons (Fsp3) is 1.00. The van der Waals surface area contributed by atoms with Crippen molar-refractivity contribution in [3.8, 4) is 0 Å². The van der Waals surface area contributed by atoms with Gasteiger partial charge < -0.3 is 15.3 Å². The van der Waals surface area contributed by atoms with Gasteiger partial charge in [0.25, 0.3) is 30.4 Å². The van der Waals surface area contributed by atoms with Gasteiger partial charge in [0.1, 0.15) is 0 Å². The molecule has 0 aromatic rings. The number of hydrogen-bond acceptors (Lipinski definition) is 9. The van der Waals surface area contributed by atoms with E-state index in [9.17, 15) is 25.3 Å². The van der Waals surface area contributed by atoms with Crippen molar-refractivity contribution >= 4 is 30.4 Å². The standard InChI is InChI=1S/C6H14O3.3CH4O3S/c7-4-2-1-3-6(9)5-8;3*1-5(2,3)4/h6-9H,1-5H2;3*1H3,(H,2,3,4). The summed E-state index contributed by atoms with van der Waals surface area (Å²) in [6, 6.07) is 0. The van der Waals surface area contributed by atoms with Crippen molar-refractivity contribution in [1.29, 1.82) is 0 Å². The molecule has 0 aliphatic heterocycles. The van der Waals surface area contributed by atoms with Crippen LogP contribution in [0, 0.1) is 0 Å². The lowest BCUT2D eigenvalue weighted by molar-refractivity contribution is 0.0848. The first-order valence-electron chi connectivity index (χ1n) is 5.98. The van der Waals surface area contributed by atoms with E-state index in [1.807, 2.05) is 0 Å². The minimum atomic E-state index is -3.67. The average Bonchev–Trinajstić information content (AvgIpc) is 2.22. The third-order valence-electron chi connectivity index (χ3n) is 1.16. The van der Waals surface area contributed by atoms with Crippen molar-refractivity contribution in [1.82, 2.24) is 0 Å². The molecule has 0 rings (SSSR count). The molecule has 24 heavy (non-hydrogen) atoms. The fourth-order valence-corrected chi connectivity index (χ4v) is 0.583. The maximum atomic E-state index is 9.19. The Kier molecular flexibility index (Phi) is 21.1. The monoisotopic (exact) mass is 422 g/mol. The van der Waals surface area contributed by atoms with E-state index in [0.29, 0.717) is 31.6 Å². The largest absolute Gasteiger partial charge is 0.396 e. The van der Waals surface area contributed by atoms with Gasteiger partial charge in [0.2, 0.25) is 0 Å². The van der Waals surface area contributed by atoms with Crippen LogP contribution in [0.1, 0.15) is 19.3 Å². The maximum Gasteiger partial charge on any atom is 0.261 e. The second-order valence-corrected chi connectivity index (χ2v) is 8.65. The number of rotatable bonds is 5. The van der Waals surface area contributed by atoms with Crippen LogP contribution in [0.2, 0.25) is 0 Å². The summed E-state index contributed by atoms with van der Waals surface area (Å²) in [7, 11) is -11.0. The molecule has 15 heteroatoms. The smallest absolute Gasteiger partial charge is 0.261 e. The third-order valence-corrected chi connectivity index (χ3v) is 1.16. The van der Waals surface area contributed by atoms with Crippen molar-refractivity contribution in [2.45, 2.75) is 25.4 Å². The Morgan fingerprint density at radius 1 is 0.708 bits per heavy atom. The Hall–Kier alpha value is -0.390. The first kappa shape index (κ1) is 31.4. The number of unbranched alkanes of at least 4 members (excludes halogenated alkanes) is 1. The first-order valence-corrected chi connectivity index (χ1v) is 11.5. The molecular formula is C9H26O12S3. The summed E-state index contributed by atoms with van der Waals surface area (Å²) >= 11 is 0. The average molecular weight is 422 g/mol. The number of aliphatic hydroxyl groups is 3. The van der Waals surface area contributed by atoms with Gasteiger partial charge in [-0.15, -0.1) is 0 Å². The molecule has 0 aliphatic carbocycles. The second-order valence-electron chi connectivity index (χ2n) is 4.25. The topological polar surface area (TPSA) is 224 Å². The Morgan fingerprint density at radius 2 is 0.958 bits per heavy atom. The molecule has 1 atom stereocenters. The van der Waals surface area contributed by atoms with Crippen LogP contribution >= 0.6 is 0 Å². The fourth-order valence-electron chi connectivity index (χ4n) is 0.583. The molecule has 0 radical (unpaired) electrons. The molecular weight excluding hydrogens is 396 g/mol. The van der Waals surface area contributed by atoms with E-state index in [1.54, 1.807) is 0 Å². The van der Waals surface area contributed by atoms with Crippen molar-refractivity contribution in [3.05, 3.63) is 0 Å². The van der Waals surface area contributed by atoms with E-state index in [1.165, 1.54) is 0 Å². The van der Waals surface area contributed by atoms with Gasteiger partial charge in [0, 0.05) is 6.61 Å². The molecule has 12 nitrogen and oxygen atoms in total. The summed E-state index contributed by atoms with van der Waals surface area (Å²) in [6.07, 6.45) is 3.61. The molecule has 0 fully saturated rings. The zero-order valence-corrected chi connectivity index (χ0v) is 15.9. The summed E-state index contributed by atoms with van der Waals surface area (Å²) in [5, 5.41) is 25.4. The Balaban J connectivity index is -0.000000116. The van der Waals surface area contributed by atoms with Gasteiger partial charge in [-0.05, 0) is 19.3 Å². The predicted octanol–water partition coefficient (Wildman–Crippen LogP) is -1.99. The number of aliphatic hydroxyl groups excluding tert-OH is 3. The third kappa shape index (κ3) is 210. The molecule has 0 saturated carbocycles. The lowest BCUT2D eigenvalue weighted by Gasteiger charge is -2.03. The Bertz CT molecular complexity index is 468. The minimum Gasteiger partial charge on any atom is -0.396 e. The van der Waals surface area contributed by atoms with E-state index in [4.69, 9.17) is 29.0 Å². The van der Waals surface area contributed by atoms with E-state index in [2.05, 4.69) is 0 Å². The summed E-state index contributed by atoms with van der Waals surface area (Å²) < 4.78 is 77.6. The van der Waals surface area contributed by atoms with Crippen LogP contribution in [0.25, 0.3) is 0 Å². The summed E-state index contributed by atoms with van der Waals surface area (Å²) in [4.78, 5) is 0. The molecule has 0 aromatic heterocycles. The van der Waals surface area contributed by atoms with E-state index >= 15 is 0 Å². The van der Waals surface area contributed by atoms with Gasteiger partial charge in [0.05, 0.1) is 31.5 Å². The van der Waals surface area contributed by atoms with Gasteiger partial charge in [0.15, 0.2) is 0 Å². The molecule has 0 heterocycles. The normalized spacial score (nSPS) is 12.4. The zero-order valence-electron chi connectivity index (χ0n) is 13.5. The second kappa shape index (κ2) is 16.1. The maximum absolute atomic E-state index is 9.19. The number of hydrogen-bond donors (Lipinski definition) is 6. The quantitative estimate of drug-likeness (QED) is 0.209. The Labute approximate surface area is 142 Å². The van der Waals surface area contributed by atoms with Gasteiger partial charge in [-0.3, -0.25) is 13.7 Å². The van der Waals surface area contributed by atoms with Gasteiger partial charge in [-0.1, -0.05) is 0 Å². The van der Waals surface area contributed by atoms with E-state index in [-0.39, 0.29) is 13.2 Å². The van der Waals surface area contributed by atoms with Gasteiger partial charge >= 0.3 is 0 Å². The summed E-state index contributed by atoms with van der Waals surface area (Å²) in [5.74, 6) is 0. The lowest BCUT2D eigenvalue weighted by Crippen LogP contribution is -2.11. The zero-order chi connectivity index (χ0) is 20.6. The highest BCUT2D eigenvalue weighted by molar-refractivity contribution is 7.85. The molecule has 1 unspecified atom stereocenters. The van der Waals surface area contributed by atoms with Gasteiger partial charge in [-0.2, -0.15) is 25.3 Å². The van der Waals surface area contributed by atoms with Crippen LogP contribution in [-0.2, 0) is 30.4 Å². The SMILES string of the molecule is CS(=O)(=O)O.CS(=O)(=O)O.CS(=O)(=O)O.OCCCCC(O)CO. The van der Waals surface area contributed by atoms with Crippen LogP contribution in [0.3, 0.4) is 0 Å². The van der Waals surface area contributed by atoms with Crippen molar-refractivity contribution in [2.24, 2.45) is 0 Å².